The zero-order valence-corrected chi connectivity index (χ0v) is 19.5. The van der Waals surface area contributed by atoms with E-state index in [1.165, 1.54) is 0 Å². The van der Waals surface area contributed by atoms with E-state index in [1.807, 2.05) is 48.6 Å². The molecule has 0 saturated carbocycles. The van der Waals surface area contributed by atoms with Gasteiger partial charge < -0.3 is 9.64 Å². The Hall–Kier alpha value is -4.08. The van der Waals surface area contributed by atoms with Crippen LogP contribution >= 0.6 is 11.6 Å². The number of hydrogen-bond acceptors (Lipinski definition) is 3. The number of halogens is 1. The molecule has 166 valence electrons. The molecule has 5 aromatic rings. The highest BCUT2D eigenvalue weighted by Crippen LogP contribution is 2.34. The molecule has 0 unspecified atom stereocenters. The van der Waals surface area contributed by atoms with E-state index in [4.69, 9.17) is 21.3 Å². The number of rotatable bonds is 6. The molecule has 34 heavy (non-hydrogen) atoms. The Bertz CT molecular complexity index is 1390. The number of pyridine rings is 1. The van der Waals surface area contributed by atoms with Gasteiger partial charge in [0.05, 0.1) is 23.3 Å². The van der Waals surface area contributed by atoms with Gasteiger partial charge in [0.1, 0.15) is 5.75 Å². The van der Waals surface area contributed by atoms with E-state index < -0.39 is 0 Å². The van der Waals surface area contributed by atoms with Crippen LogP contribution in [0.4, 0.5) is 17.1 Å². The molecule has 1 heterocycles. The monoisotopic (exact) mass is 462 g/mol. The van der Waals surface area contributed by atoms with Crippen LogP contribution in [0.25, 0.3) is 23.1 Å². The van der Waals surface area contributed by atoms with Crippen molar-refractivity contribution in [2.24, 2.45) is 0 Å². The van der Waals surface area contributed by atoms with Crippen LogP contribution in [0.5, 0.6) is 5.75 Å². The largest absolute Gasteiger partial charge is 0.497 e. The molecule has 0 aliphatic heterocycles. The third kappa shape index (κ3) is 4.66. The van der Waals surface area contributed by atoms with Crippen molar-refractivity contribution < 1.29 is 4.74 Å². The van der Waals surface area contributed by atoms with E-state index in [2.05, 4.69) is 77.7 Å². The van der Waals surface area contributed by atoms with Gasteiger partial charge in [0.25, 0.3) is 0 Å². The van der Waals surface area contributed by atoms with Crippen LogP contribution in [0.1, 0.15) is 11.3 Å². The molecule has 0 aliphatic carbocycles. The molecule has 1 aromatic heterocycles. The average molecular weight is 463 g/mol. The fourth-order valence-corrected chi connectivity index (χ4v) is 4.18. The summed E-state index contributed by atoms with van der Waals surface area (Å²) in [6, 6.07) is 36.8. The number of nitrogens with zero attached hydrogens (tertiary/aromatic N) is 2. The number of aromatic nitrogens is 1. The SMILES string of the molecule is COc1ccc2nc(/C=C/c3ccc(N(c4ccccc4)c4ccccc4)cc3)cc(Cl)c2c1. The summed E-state index contributed by atoms with van der Waals surface area (Å²) in [5.74, 6) is 0.764. The number of fused-ring (bicyclic) bond motifs is 1. The third-order valence-corrected chi connectivity index (χ3v) is 5.92. The molecule has 0 bridgehead atoms. The molecule has 0 spiro atoms. The van der Waals surface area contributed by atoms with Gasteiger partial charge in [-0.25, -0.2) is 4.98 Å². The Labute approximate surface area is 204 Å². The zero-order chi connectivity index (χ0) is 23.3. The van der Waals surface area contributed by atoms with Gasteiger partial charge in [-0.1, -0.05) is 66.2 Å². The lowest BCUT2D eigenvalue weighted by atomic mass is 10.1. The number of benzene rings is 4. The predicted molar refractivity (Wildman–Crippen MR) is 143 cm³/mol. The summed E-state index contributed by atoms with van der Waals surface area (Å²) in [6.45, 7) is 0. The maximum Gasteiger partial charge on any atom is 0.119 e. The first-order chi connectivity index (χ1) is 16.7. The Morgan fingerprint density at radius 3 is 1.94 bits per heavy atom. The summed E-state index contributed by atoms with van der Waals surface area (Å²) >= 11 is 6.51. The minimum absolute atomic E-state index is 0.653. The molecule has 0 amide bonds. The second-order valence-corrected chi connectivity index (χ2v) is 8.25. The third-order valence-electron chi connectivity index (χ3n) is 5.61. The van der Waals surface area contributed by atoms with Gasteiger partial charge in [0.15, 0.2) is 0 Å². The smallest absolute Gasteiger partial charge is 0.119 e. The van der Waals surface area contributed by atoms with E-state index in [0.29, 0.717) is 5.02 Å². The van der Waals surface area contributed by atoms with Gasteiger partial charge in [-0.3, -0.25) is 0 Å². The second kappa shape index (κ2) is 9.82. The molecule has 0 saturated heterocycles. The van der Waals surface area contributed by atoms with E-state index in [0.717, 1.165) is 45.0 Å². The van der Waals surface area contributed by atoms with Gasteiger partial charge in [0, 0.05) is 22.4 Å². The van der Waals surface area contributed by atoms with Crippen LogP contribution < -0.4 is 9.64 Å². The molecule has 5 rings (SSSR count). The lowest BCUT2D eigenvalue weighted by Crippen LogP contribution is -2.09. The molecule has 0 aliphatic rings. The van der Waals surface area contributed by atoms with E-state index >= 15 is 0 Å². The maximum atomic E-state index is 6.51. The number of ether oxygens (including phenoxy) is 1. The normalized spacial score (nSPS) is 11.1. The topological polar surface area (TPSA) is 25.4 Å². The standard InChI is InChI=1S/C30H23ClN2O/c1-34-27-18-19-30-28(21-27)29(31)20-23(32-30)15-12-22-13-16-26(17-14-22)33(24-8-4-2-5-9-24)25-10-6-3-7-11-25/h2-21H,1H3/b15-12+. The molecule has 0 fully saturated rings. The van der Waals surface area contributed by atoms with Crippen molar-refractivity contribution in [2.45, 2.75) is 0 Å². The van der Waals surface area contributed by atoms with Crippen LogP contribution in [0.2, 0.25) is 5.02 Å². The summed E-state index contributed by atoms with van der Waals surface area (Å²) in [4.78, 5) is 6.96. The number of methoxy groups -OCH3 is 1. The quantitative estimate of drug-likeness (QED) is 0.253. The van der Waals surface area contributed by atoms with Crippen molar-refractivity contribution in [1.29, 1.82) is 0 Å². The molecule has 0 atom stereocenters. The first-order valence-electron chi connectivity index (χ1n) is 11.0. The Morgan fingerprint density at radius 2 is 1.32 bits per heavy atom. The lowest BCUT2D eigenvalue weighted by Gasteiger charge is -2.25. The van der Waals surface area contributed by atoms with Crippen molar-refractivity contribution >= 4 is 51.7 Å². The lowest BCUT2D eigenvalue weighted by molar-refractivity contribution is 0.415. The van der Waals surface area contributed by atoms with Gasteiger partial charge in [-0.15, -0.1) is 0 Å². The Morgan fingerprint density at radius 1 is 0.706 bits per heavy atom. The van der Waals surface area contributed by atoms with Crippen LogP contribution in [0.15, 0.2) is 109 Å². The van der Waals surface area contributed by atoms with Gasteiger partial charge in [-0.05, 0) is 72.3 Å². The van der Waals surface area contributed by atoms with E-state index in [1.54, 1.807) is 7.11 Å². The first kappa shape index (κ1) is 21.7. The van der Waals surface area contributed by atoms with Crippen molar-refractivity contribution in [3.05, 3.63) is 125 Å². The minimum Gasteiger partial charge on any atom is -0.497 e. The van der Waals surface area contributed by atoms with E-state index in [9.17, 15) is 0 Å². The second-order valence-electron chi connectivity index (χ2n) is 7.84. The highest BCUT2D eigenvalue weighted by atomic mass is 35.5. The van der Waals surface area contributed by atoms with Crippen molar-refractivity contribution in [2.75, 3.05) is 12.0 Å². The summed E-state index contributed by atoms with van der Waals surface area (Å²) in [5, 5.41) is 1.53. The average Bonchev–Trinajstić information content (AvgIpc) is 2.89. The minimum atomic E-state index is 0.653. The van der Waals surface area contributed by atoms with Crippen molar-refractivity contribution in [3.63, 3.8) is 0 Å². The Balaban J connectivity index is 1.42. The van der Waals surface area contributed by atoms with Crippen LogP contribution in [-0.4, -0.2) is 12.1 Å². The summed E-state index contributed by atoms with van der Waals surface area (Å²) in [7, 11) is 1.64. The van der Waals surface area contributed by atoms with Crippen molar-refractivity contribution in [1.82, 2.24) is 4.98 Å². The number of hydrogen-bond donors (Lipinski definition) is 0. The zero-order valence-electron chi connectivity index (χ0n) is 18.7. The molecular weight excluding hydrogens is 440 g/mol. The fraction of sp³-hybridized carbons (Fsp3) is 0.0333. The Kier molecular flexibility index (Phi) is 6.28. The fourth-order valence-electron chi connectivity index (χ4n) is 3.91. The van der Waals surface area contributed by atoms with Gasteiger partial charge >= 0.3 is 0 Å². The van der Waals surface area contributed by atoms with Crippen LogP contribution in [0.3, 0.4) is 0 Å². The molecule has 4 aromatic carbocycles. The van der Waals surface area contributed by atoms with Gasteiger partial charge in [0.2, 0.25) is 0 Å². The summed E-state index contributed by atoms with van der Waals surface area (Å²) in [6.07, 6.45) is 4.03. The van der Waals surface area contributed by atoms with Crippen LogP contribution in [-0.2, 0) is 0 Å². The molecule has 0 N–H and O–H groups in total. The molecular formula is C30H23ClN2O. The maximum absolute atomic E-state index is 6.51. The molecule has 3 nitrogen and oxygen atoms in total. The van der Waals surface area contributed by atoms with E-state index in [-0.39, 0.29) is 0 Å². The molecule has 0 radical (unpaired) electrons. The highest BCUT2D eigenvalue weighted by molar-refractivity contribution is 6.35. The molecule has 4 heteroatoms. The highest BCUT2D eigenvalue weighted by Gasteiger charge is 2.11. The number of anilines is 3. The van der Waals surface area contributed by atoms with Gasteiger partial charge in [-0.2, -0.15) is 0 Å². The first-order valence-corrected chi connectivity index (χ1v) is 11.4. The predicted octanol–water partition coefficient (Wildman–Crippen LogP) is 8.54. The van der Waals surface area contributed by atoms with Crippen LogP contribution in [0, 0.1) is 0 Å². The van der Waals surface area contributed by atoms with Crippen molar-refractivity contribution in [3.8, 4) is 5.75 Å². The summed E-state index contributed by atoms with van der Waals surface area (Å²) < 4.78 is 5.29. The summed E-state index contributed by atoms with van der Waals surface area (Å²) in [5.41, 5.74) is 6.05. The number of para-hydroxylation sites is 2.